The molecule has 1 aromatic heterocycles. The molecule has 0 saturated heterocycles. The van der Waals surface area contributed by atoms with Gasteiger partial charge in [-0.1, -0.05) is 28.1 Å². The van der Waals surface area contributed by atoms with Gasteiger partial charge in [0, 0.05) is 16.6 Å². The molecule has 2 unspecified atom stereocenters. The summed E-state index contributed by atoms with van der Waals surface area (Å²) in [6.45, 7) is 2.41. The largest absolute Gasteiger partial charge is 0.476 e. The molecule has 0 spiro atoms. The molecular formula is C17H17BrN2O2. The number of nitrogens with zero attached hydrogens (tertiary/aromatic N) is 1. The van der Waals surface area contributed by atoms with Crippen LogP contribution in [0.2, 0.25) is 0 Å². The third-order valence-electron chi connectivity index (χ3n) is 3.71. The van der Waals surface area contributed by atoms with E-state index in [9.17, 15) is 4.79 Å². The van der Waals surface area contributed by atoms with E-state index < -0.39 is 0 Å². The second kappa shape index (κ2) is 6.48. The Labute approximate surface area is 138 Å². The van der Waals surface area contributed by atoms with E-state index in [-0.39, 0.29) is 11.8 Å². The SMILES string of the molecule is CCOc1ncccc1NC(=O)C1CC1c1cccc(Br)c1. The van der Waals surface area contributed by atoms with Gasteiger partial charge in [0.05, 0.1) is 6.61 Å². The van der Waals surface area contributed by atoms with Crippen LogP contribution in [0.4, 0.5) is 5.69 Å². The molecule has 1 saturated carbocycles. The van der Waals surface area contributed by atoms with Crippen LogP contribution >= 0.6 is 15.9 Å². The number of ether oxygens (including phenoxy) is 1. The molecule has 1 aromatic carbocycles. The van der Waals surface area contributed by atoms with Gasteiger partial charge in [-0.15, -0.1) is 0 Å². The summed E-state index contributed by atoms with van der Waals surface area (Å²) in [5.74, 6) is 0.811. The first-order chi connectivity index (χ1) is 10.7. The molecule has 5 heteroatoms. The summed E-state index contributed by atoms with van der Waals surface area (Å²) in [6, 6.07) is 11.7. The van der Waals surface area contributed by atoms with Gasteiger partial charge in [-0.05, 0) is 49.1 Å². The fourth-order valence-corrected chi connectivity index (χ4v) is 2.97. The summed E-state index contributed by atoms with van der Waals surface area (Å²) in [6.07, 6.45) is 2.54. The predicted molar refractivity (Wildman–Crippen MR) is 89.0 cm³/mol. The molecule has 0 radical (unpaired) electrons. The summed E-state index contributed by atoms with van der Waals surface area (Å²) < 4.78 is 6.48. The number of benzene rings is 1. The zero-order valence-electron chi connectivity index (χ0n) is 12.3. The summed E-state index contributed by atoms with van der Waals surface area (Å²) in [5, 5.41) is 2.93. The van der Waals surface area contributed by atoms with E-state index >= 15 is 0 Å². The van der Waals surface area contributed by atoms with E-state index in [0.29, 0.717) is 24.1 Å². The summed E-state index contributed by atoms with van der Waals surface area (Å²) >= 11 is 3.47. The zero-order chi connectivity index (χ0) is 15.5. The highest BCUT2D eigenvalue weighted by atomic mass is 79.9. The Balaban J connectivity index is 1.67. The molecule has 114 valence electrons. The van der Waals surface area contributed by atoms with Gasteiger partial charge in [-0.3, -0.25) is 4.79 Å². The van der Waals surface area contributed by atoms with Crippen molar-refractivity contribution in [3.05, 3.63) is 52.6 Å². The minimum Gasteiger partial charge on any atom is -0.476 e. The van der Waals surface area contributed by atoms with Gasteiger partial charge in [0.1, 0.15) is 5.69 Å². The number of aromatic nitrogens is 1. The Morgan fingerprint density at radius 2 is 2.27 bits per heavy atom. The minimum atomic E-state index is 0.0176. The molecule has 2 atom stereocenters. The Morgan fingerprint density at radius 1 is 1.41 bits per heavy atom. The molecule has 1 aliphatic carbocycles. The summed E-state index contributed by atoms with van der Waals surface area (Å²) in [4.78, 5) is 16.5. The number of hydrogen-bond acceptors (Lipinski definition) is 3. The van der Waals surface area contributed by atoms with Gasteiger partial charge in [0.25, 0.3) is 0 Å². The first-order valence-corrected chi connectivity index (χ1v) is 8.12. The molecule has 0 bridgehead atoms. The third-order valence-corrected chi connectivity index (χ3v) is 4.21. The number of hydrogen-bond donors (Lipinski definition) is 1. The van der Waals surface area contributed by atoms with Crippen LogP contribution in [0.25, 0.3) is 0 Å². The van der Waals surface area contributed by atoms with Crippen molar-refractivity contribution >= 4 is 27.5 Å². The van der Waals surface area contributed by atoms with Crippen molar-refractivity contribution in [1.29, 1.82) is 0 Å². The van der Waals surface area contributed by atoms with Crippen LogP contribution in [0.3, 0.4) is 0 Å². The van der Waals surface area contributed by atoms with Gasteiger partial charge in [-0.2, -0.15) is 0 Å². The van der Waals surface area contributed by atoms with E-state index in [4.69, 9.17) is 4.74 Å². The molecule has 1 N–H and O–H groups in total. The number of rotatable bonds is 5. The fourth-order valence-electron chi connectivity index (χ4n) is 2.55. The van der Waals surface area contributed by atoms with Crippen LogP contribution in [-0.2, 0) is 4.79 Å². The standard InChI is InChI=1S/C17H17BrN2O2/c1-2-22-17-15(7-4-8-19-17)20-16(21)14-10-13(14)11-5-3-6-12(18)9-11/h3-9,13-14H,2,10H2,1H3,(H,20,21). The number of nitrogens with one attached hydrogen (secondary N) is 1. The van der Waals surface area contributed by atoms with Gasteiger partial charge >= 0.3 is 0 Å². The van der Waals surface area contributed by atoms with Crippen LogP contribution in [0.15, 0.2) is 47.1 Å². The lowest BCUT2D eigenvalue weighted by Crippen LogP contribution is -2.15. The normalized spacial score (nSPS) is 19.5. The van der Waals surface area contributed by atoms with Crippen LogP contribution in [-0.4, -0.2) is 17.5 Å². The van der Waals surface area contributed by atoms with Crippen molar-refractivity contribution in [2.24, 2.45) is 5.92 Å². The monoisotopic (exact) mass is 360 g/mol. The Bertz CT molecular complexity index is 690. The molecule has 22 heavy (non-hydrogen) atoms. The number of halogens is 1. The van der Waals surface area contributed by atoms with E-state index in [1.54, 1.807) is 12.3 Å². The smallest absolute Gasteiger partial charge is 0.237 e. The number of carbonyl (C=O) groups excluding carboxylic acids is 1. The molecule has 4 nitrogen and oxygen atoms in total. The molecule has 1 heterocycles. The van der Waals surface area contributed by atoms with Gasteiger partial charge in [0.15, 0.2) is 0 Å². The predicted octanol–water partition coefficient (Wildman–Crippen LogP) is 3.99. The highest BCUT2D eigenvalue weighted by Gasteiger charge is 2.44. The lowest BCUT2D eigenvalue weighted by Gasteiger charge is -2.10. The average molecular weight is 361 g/mol. The van der Waals surface area contributed by atoms with Gasteiger partial charge in [-0.25, -0.2) is 4.98 Å². The zero-order valence-corrected chi connectivity index (χ0v) is 13.8. The van der Waals surface area contributed by atoms with Crippen molar-refractivity contribution in [2.45, 2.75) is 19.3 Å². The number of pyridine rings is 1. The van der Waals surface area contributed by atoms with Crippen molar-refractivity contribution in [3.63, 3.8) is 0 Å². The number of anilines is 1. The molecule has 3 rings (SSSR count). The van der Waals surface area contributed by atoms with Crippen molar-refractivity contribution in [2.75, 3.05) is 11.9 Å². The van der Waals surface area contributed by atoms with Crippen molar-refractivity contribution in [3.8, 4) is 5.88 Å². The fraction of sp³-hybridized carbons (Fsp3) is 0.294. The maximum atomic E-state index is 12.4. The Hall–Kier alpha value is -1.88. The first-order valence-electron chi connectivity index (χ1n) is 7.33. The lowest BCUT2D eigenvalue weighted by atomic mass is 10.1. The maximum absolute atomic E-state index is 12.4. The van der Waals surface area contributed by atoms with E-state index in [1.807, 2.05) is 25.1 Å². The second-order valence-electron chi connectivity index (χ2n) is 5.28. The molecule has 0 aliphatic heterocycles. The first kappa shape index (κ1) is 15.0. The quantitative estimate of drug-likeness (QED) is 0.876. The Morgan fingerprint density at radius 3 is 3.05 bits per heavy atom. The van der Waals surface area contributed by atoms with Crippen LogP contribution < -0.4 is 10.1 Å². The van der Waals surface area contributed by atoms with Crippen LogP contribution in [0.1, 0.15) is 24.8 Å². The second-order valence-corrected chi connectivity index (χ2v) is 6.20. The van der Waals surface area contributed by atoms with Crippen LogP contribution in [0, 0.1) is 5.92 Å². The topological polar surface area (TPSA) is 51.2 Å². The number of amides is 1. The van der Waals surface area contributed by atoms with E-state index in [2.05, 4.69) is 38.4 Å². The average Bonchev–Trinajstić information content (AvgIpc) is 3.30. The number of carbonyl (C=O) groups is 1. The van der Waals surface area contributed by atoms with Gasteiger partial charge < -0.3 is 10.1 Å². The summed E-state index contributed by atoms with van der Waals surface area (Å²) in [5.41, 5.74) is 1.83. The highest BCUT2D eigenvalue weighted by molar-refractivity contribution is 9.10. The molecule has 2 aromatic rings. The molecular weight excluding hydrogens is 344 g/mol. The van der Waals surface area contributed by atoms with Crippen LogP contribution in [0.5, 0.6) is 5.88 Å². The van der Waals surface area contributed by atoms with Crippen molar-refractivity contribution < 1.29 is 9.53 Å². The summed E-state index contributed by atoms with van der Waals surface area (Å²) in [7, 11) is 0. The van der Waals surface area contributed by atoms with E-state index in [0.717, 1.165) is 10.9 Å². The highest BCUT2D eigenvalue weighted by Crippen LogP contribution is 2.48. The molecule has 1 aliphatic rings. The van der Waals surface area contributed by atoms with Gasteiger partial charge in [0.2, 0.25) is 11.8 Å². The van der Waals surface area contributed by atoms with Crippen molar-refractivity contribution in [1.82, 2.24) is 4.98 Å². The minimum absolute atomic E-state index is 0.0176. The Kier molecular flexibility index (Phi) is 4.43. The maximum Gasteiger partial charge on any atom is 0.237 e. The third kappa shape index (κ3) is 3.30. The lowest BCUT2D eigenvalue weighted by molar-refractivity contribution is -0.117. The molecule has 1 amide bonds. The molecule has 1 fully saturated rings. The van der Waals surface area contributed by atoms with E-state index in [1.165, 1.54) is 5.56 Å².